The third-order valence-electron chi connectivity index (χ3n) is 7.05. The predicted octanol–water partition coefficient (Wildman–Crippen LogP) is 4.62. The number of ether oxygens (including phenoxy) is 6. The van der Waals surface area contributed by atoms with Crippen LogP contribution in [0.4, 0.5) is 0 Å². The fourth-order valence-electron chi connectivity index (χ4n) is 4.84. The Kier molecular flexibility index (Phi) is 8.58. The number of aromatic nitrogens is 6. The predicted molar refractivity (Wildman–Crippen MR) is 165 cm³/mol. The summed E-state index contributed by atoms with van der Waals surface area (Å²) in [7, 11) is 4.54. The van der Waals surface area contributed by atoms with Gasteiger partial charge in [-0.05, 0) is 48.0 Å². The number of nitrogens with zero attached hydrogens (tertiary/aromatic N) is 5. The molecule has 6 rings (SSSR count). The normalized spacial score (nSPS) is 11.8. The van der Waals surface area contributed by atoms with Crippen LogP contribution in [0, 0.1) is 6.92 Å². The van der Waals surface area contributed by atoms with Crippen LogP contribution < -0.4 is 33.7 Å². The average Bonchev–Trinajstić information content (AvgIpc) is 3.79. The first kappa shape index (κ1) is 29.9. The molecule has 0 unspecified atom stereocenters. The van der Waals surface area contributed by atoms with Crippen molar-refractivity contribution in [2.24, 2.45) is 0 Å². The number of benzene rings is 2. The largest absolute Gasteiger partial charge is 0.497 e. The molecule has 0 radical (unpaired) electrons. The molecular formula is C32H29N7O7. The number of carbonyl (C=O) groups is 1. The first-order valence-electron chi connectivity index (χ1n) is 14.0. The number of rotatable bonds is 11. The van der Waals surface area contributed by atoms with Crippen LogP contribution in [0.25, 0.3) is 28.6 Å². The topological polar surface area (TPSA) is 165 Å². The highest BCUT2D eigenvalue weighted by atomic mass is 16.7. The lowest BCUT2D eigenvalue weighted by Gasteiger charge is -2.18. The smallest absolute Gasteiger partial charge is 0.257 e. The van der Waals surface area contributed by atoms with Crippen molar-refractivity contribution in [2.45, 2.75) is 6.92 Å². The van der Waals surface area contributed by atoms with E-state index in [0.717, 1.165) is 16.7 Å². The highest BCUT2D eigenvalue weighted by Gasteiger charge is 2.25. The van der Waals surface area contributed by atoms with Crippen molar-refractivity contribution < 1.29 is 33.2 Å². The molecule has 1 amide bonds. The molecule has 2 N–H and O–H groups in total. The number of amides is 1. The summed E-state index contributed by atoms with van der Waals surface area (Å²) in [5.74, 6) is 3.03. The van der Waals surface area contributed by atoms with Gasteiger partial charge in [0.2, 0.25) is 30.3 Å². The van der Waals surface area contributed by atoms with Crippen LogP contribution in [0.1, 0.15) is 21.6 Å². The maximum Gasteiger partial charge on any atom is 0.257 e. The molecule has 0 saturated carbocycles. The van der Waals surface area contributed by atoms with Crippen molar-refractivity contribution in [1.29, 1.82) is 0 Å². The van der Waals surface area contributed by atoms with Crippen LogP contribution in [0.5, 0.6) is 40.6 Å². The number of aryl methyl sites for hydroxylation is 1. The minimum atomic E-state index is -0.359. The standard InChI is InChI=1S/C32H29N7O7/c1-18-22(6-5-15-33-30(40)23-12-14-26(42-3)35-31(23)43-4)27(19-7-9-20(41-2)10-8-19)28(29-36-38-39-37-29)32(34-18)46-21-11-13-24-25(16-21)45-17-44-24/h5-14,16H,15,17H2,1-4H3,(H,33,40)(H,36,37,38,39). The Hall–Kier alpha value is -6.18. The molecule has 234 valence electrons. The molecule has 4 heterocycles. The number of hydrogen-bond donors (Lipinski definition) is 2. The van der Waals surface area contributed by atoms with Gasteiger partial charge >= 0.3 is 0 Å². The lowest BCUT2D eigenvalue weighted by Crippen LogP contribution is -2.24. The van der Waals surface area contributed by atoms with Gasteiger partial charge in [-0.1, -0.05) is 24.3 Å². The number of tetrazole rings is 1. The highest BCUT2D eigenvalue weighted by molar-refractivity contribution is 5.96. The Morgan fingerprint density at radius 3 is 2.46 bits per heavy atom. The molecule has 1 aliphatic heterocycles. The monoisotopic (exact) mass is 623 g/mol. The Morgan fingerprint density at radius 2 is 1.72 bits per heavy atom. The summed E-state index contributed by atoms with van der Waals surface area (Å²) in [4.78, 5) is 22.0. The van der Waals surface area contributed by atoms with E-state index in [1.54, 1.807) is 37.4 Å². The van der Waals surface area contributed by atoms with Crippen LogP contribution >= 0.6 is 0 Å². The zero-order chi connectivity index (χ0) is 32.0. The lowest BCUT2D eigenvalue weighted by atomic mass is 9.93. The summed E-state index contributed by atoms with van der Waals surface area (Å²) < 4.78 is 33.1. The molecule has 0 bridgehead atoms. The maximum absolute atomic E-state index is 13.0. The second kappa shape index (κ2) is 13.2. The van der Waals surface area contributed by atoms with E-state index in [9.17, 15) is 4.79 Å². The van der Waals surface area contributed by atoms with Gasteiger partial charge in [0, 0.05) is 35.5 Å². The first-order chi connectivity index (χ1) is 22.5. The van der Waals surface area contributed by atoms with Crippen molar-refractivity contribution in [3.8, 4) is 63.2 Å². The van der Waals surface area contributed by atoms with E-state index in [4.69, 9.17) is 33.4 Å². The number of H-pyrrole nitrogens is 1. The van der Waals surface area contributed by atoms with Gasteiger partial charge < -0.3 is 33.7 Å². The molecule has 0 fully saturated rings. The van der Waals surface area contributed by atoms with Crippen LogP contribution in [0.2, 0.25) is 0 Å². The van der Waals surface area contributed by atoms with Gasteiger partial charge in [0.25, 0.3) is 5.91 Å². The molecule has 2 aromatic carbocycles. The number of nitrogens with one attached hydrogen (secondary N) is 2. The number of pyridine rings is 2. The fraction of sp³-hybridized carbons (Fsp3) is 0.188. The Labute approximate surface area is 263 Å². The molecule has 0 saturated heterocycles. The van der Waals surface area contributed by atoms with Gasteiger partial charge in [-0.15, -0.1) is 10.2 Å². The minimum absolute atomic E-state index is 0.137. The van der Waals surface area contributed by atoms with Crippen LogP contribution in [-0.2, 0) is 0 Å². The summed E-state index contributed by atoms with van der Waals surface area (Å²) >= 11 is 0. The van der Waals surface area contributed by atoms with Gasteiger partial charge in [0.1, 0.15) is 17.1 Å². The summed E-state index contributed by atoms with van der Waals surface area (Å²) in [6.07, 6.45) is 3.69. The van der Waals surface area contributed by atoms with Crippen molar-refractivity contribution >= 4 is 12.0 Å². The minimum Gasteiger partial charge on any atom is -0.497 e. The molecule has 14 nitrogen and oxygen atoms in total. The van der Waals surface area contributed by atoms with Crippen LogP contribution in [-0.4, -0.2) is 71.2 Å². The fourth-order valence-corrected chi connectivity index (χ4v) is 4.84. The second-order valence-electron chi connectivity index (χ2n) is 9.77. The van der Waals surface area contributed by atoms with Crippen molar-refractivity contribution in [1.82, 2.24) is 35.9 Å². The summed E-state index contributed by atoms with van der Waals surface area (Å²) in [5, 5.41) is 17.7. The van der Waals surface area contributed by atoms with Gasteiger partial charge in [-0.25, -0.2) is 4.98 Å². The second-order valence-corrected chi connectivity index (χ2v) is 9.77. The van der Waals surface area contributed by atoms with E-state index in [1.807, 2.05) is 43.3 Å². The van der Waals surface area contributed by atoms with Crippen LogP contribution in [0.15, 0.2) is 60.7 Å². The Bertz CT molecular complexity index is 1890. The SMILES string of the molecule is COc1ccc(-c2c(C=CCNC(=O)c3ccc(OC)nc3OC)c(C)nc(Oc3ccc4c(c3)OCO4)c2-c2nn[nH]n2)cc1. The van der Waals surface area contributed by atoms with E-state index in [2.05, 4.69) is 30.9 Å². The molecular weight excluding hydrogens is 594 g/mol. The van der Waals surface area contributed by atoms with Crippen molar-refractivity contribution in [3.63, 3.8) is 0 Å². The van der Waals surface area contributed by atoms with Crippen LogP contribution in [0.3, 0.4) is 0 Å². The molecule has 5 aromatic rings. The number of aromatic amines is 1. The average molecular weight is 624 g/mol. The van der Waals surface area contributed by atoms with E-state index >= 15 is 0 Å². The van der Waals surface area contributed by atoms with Gasteiger partial charge in [0.05, 0.1) is 26.9 Å². The third-order valence-corrected chi connectivity index (χ3v) is 7.05. The summed E-state index contributed by atoms with van der Waals surface area (Å²) in [6, 6.07) is 16.0. The Morgan fingerprint density at radius 1 is 0.913 bits per heavy atom. The van der Waals surface area contributed by atoms with E-state index in [1.165, 1.54) is 14.2 Å². The van der Waals surface area contributed by atoms with E-state index in [0.29, 0.717) is 40.1 Å². The summed E-state index contributed by atoms with van der Waals surface area (Å²) in [6.45, 7) is 2.20. The molecule has 46 heavy (non-hydrogen) atoms. The first-order valence-corrected chi connectivity index (χ1v) is 14.0. The molecule has 0 atom stereocenters. The third kappa shape index (κ3) is 6.08. The lowest BCUT2D eigenvalue weighted by molar-refractivity contribution is 0.0954. The zero-order valence-corrected chi connectivity index (χ0v) is 25.4. The number of fused-ring (bicyclic) bond motifs is 1. The molecule has 1 aliphatic rings. The maximum atomic E-state index is 13.0. The van der Waals surface area contributed by atoms with E-state index in [-0.39, 0.29) is 42.4 Å². The number of methoxy groups -OCH3 is 3. The molecule has 0 aliphatic carbocycles. The van der Waals surface area contributed by atoms with Crippen molar-refractivity contribution in [3.05, 3.63) is 77.5 Å². The molecule has 3 aromatic heterocycles. The highest BCUT2D eigenvalue weighted by Crippen LogP contribution is 2.44. The Balaban J connectivity index is 1.38. The number of hydrogen-bond acceptors (Lipinski definition) is 12. The van der Waals surface area contributed by atoms with E-state index < -0.39 is 0 Å². The van der Waals surface area contributed by atoms with Gasteiger partial charge in [-0.2, -0.15) is 10.2 Å². The zero-order valence-electron chi connectivity index (χ0n) is 25.4. The molecule has 14 heteroatoms. The van der Waals surface area contributed by atoms with Crippen molar-refractivity contribution in [2.75, 3.05) is 34.7 Å². The quantitative estimate of drug-likeness (QED) is 0.210. The molecule has 0 spiro atoms. The summed E-state index contributed by atoms with van der Waals surface area (Å²) in [5.41, 5.74) is 3.73. The van der Waals surface area contributed by atoms with Gasteiger partial charge in [-0.3, -0.25) is 4.79 Å². The number of carbonyl (C=O) groups excluding carboxylic acids is 1. The van der Waals surface area contributed by atoms with Gasteiger partial charge in [0.15, 0.2) is 11.5 Å².